The Balaban J connectivity index is 2.80. The molecule has 0 aliphatic carbocycles. The van der Waals surface area contributed by atoms with Gasteiger partial charge in [-0.15, -0.1) is 0 Å². The van der Waals surface area contributed by atoms with E-state index in [1.165, 1.54) is 24.4 Å². The van der Waals surface area contributed by atoms with Crippen LogP contribution in [0.25, 0.3) is 10.9 Å². The number of aromatic nitrogens is 1. The Morgan fingerprint density at radius 3 is 2.62 bits per heavy atom. The van der Waals surface area contributed by atoms with E-state index >= 15 is 0 Å². The first-order valence-electron chi connectivity index (χ1n) is 4.38. The van der Waals surface area contributed by atoms with Crippen molar-refractivity contribution in [3.05, 3.63) is 41.6 Å². The molecule has 2 nitrogen and oxygen atoms in total. The molecule has 0 radical (unpaired) electrons. The average molecular weight is 222 g/mol. The SMILES string of the molecule is N#Cc1cnc2cccc(C(F)(F)F)c2c1. The third-order valence-corrected chi connectivity index (χ3v) is 2.16. The summed E-state index contributed by atoms with van der Waals surface area (Å²) < 4.78 is 37.9. The number of alkyl halides is 3. The number of pyridine rings is 1. The zero-order chi connectivity index (χ0) is 11.8. The summed E-state index contributed by atoms with van der Waals surface area (Å²) in [4.78, 5) is 3.80. The number of rotatable bonds is 0. The third-order valence-electron chi connectivity index (χ3n) is 2.16. The summed E-state index contributed by atoms with van der Waals surface area (Å²) in [6.45, 7) is 0. The highest BCUT2D eigenvalue weighted by molar-refractivity contribution is 5.83. The van der Waals surface area contributed by atoms with Gasteiger partial charge in [0.25, 0.3) is 0 Å². The monoisotopic (exact) mass is 222 g/mol. The Morgan fingerprint density at radius 1 is 1.25 bits per heavy atom. The van der Waals surface area contributed by atoms with Crippen molar-refractivity contribution in [2.45, 2.75) is 6.18 Å². The summed E-state index contributed by atoms with van der Waals surface area (Å²) in [7, 11) is 0. The summed E-state index contributed by atoms with van der Waals surface area (Å²) >= 11 is 0. The van der Waals surface area contributed by atoms with Crippen molar-refractivity contribution in [1.82, 2.24) is 4.98 Å². The van der Waals surface area contributed by atoms with Gasteiger partial charge in [-0.2, -0.15) is 18.4 Å². The summed E-state index contributed by atoms with van der Waals surface area (Å²) in [6, 6.07) is 6.72. The van der Waals surface area contributed by atoms with Crippen molar-refractivity contribution in [2.24, 2.45) is 0 Å². The van der Waals surface area contributed by atoms with Gasteiger partial charge in [0.05, 0.1) is 16.6 Å². The molecule has 1 aromatic carbocycles. The minimum absolute atomic E-state index is 0.0472. The first kappa shape index (κ1) is 10.4. The minimum atomic E-state index is -4.44. The van der Waals surface area contributed by atoms with Crippen LogP contribution in [0.5, 0.6) is 0 Å². The largest absolute Gasteiger partial charge is 0.417 e. The van der Waals surface area contributed by atoms with Crippen molar-refractivity contribution in [1.29, 1.82) is 5.26 Å². The van der Waals surface area contributed by atoms with Crippen LogP contribution < -0.4 is 0 Å². The van der Waals surface area contributed by atoms with Crippen LogP contribution in [-0.2, 0) is 6.18 Å². The number of halogens is 3. The van der Waals surface area contributed by atoms with E-state index < -0.39 is 11.7 Å². The molecule has 0 amide bonds. The molecule has 16 heavy (non-hydrogen) atoms. The highest BCUT2D eigenvalue weighted by Gasteiger charge is 2.32. The third kappa shape index (κ3) is 1.70. The topological polar surface area (TPSA) is 36.7 Å². The minimum Gasteiger partial charge on any atom is -0.255 e. The number of fused-ring (bicyclic) bond motifs is 1. The first-order chi connectivity index (χ1) is 7.52. The molecular weight excluding hydrogens is 217 g/mol. The summed E-state index contributed by atoms with van der Waals surface area (Å²) in [6.07, 6.45) is -3.18. The van der Waals surface area contributed by atoms with Crippen LogP contribution in [0.2, 0.25) is 0 Å². The van der Waals surface area contributed by atoms with E-state index in [9.17, 15) is 13.2 Å². The fraction of sp³-hybridized carbons (Fsp3) is 0.0909. The predicted molar refractivity (Wildman–Crippen MR) is 51.5 cm³/mol. The van der Waals surface area contributed by atoms with E-state index in [2.05, 4.69) is 4.98 Å². The van der Waals surface area contributed by atoms with Gasteiger partial charge in [-0.05, 0) is 18.2 Å². The molecular formula is C11H5F3N2. The van der Waals surface area contributed by atoms with Crippen LogP contribution in [0.1, 0.15) is 11.1 Å². The fourth-order valence-corrected chi connectivity index (χ4v) is 1.46. The van der Waals surface area contributed by atoms with Gasteiger partial charge in [-0.1, -0.05) is 6.07 Å². The number of nitriles is 1. The van der Waals surface area contributed by atoms with E-state index in [1.54, 1.807) is 6.07 Å². The fourth-order valence-electron chi connectivity index (χ4n) is 1.46. The van der Waals surface area contributed by atoms with Gasteiger partial charge in [0.2, 0.25) is 0 Å². The van der Waals surface area contributed by atoms with Crippen molar-refractivity contribution in [3.8, 4) is 6.07 Å². The molecule has 1 aromatic heterocycles. The van der Waals surface area contributed by atoms with Crippen molar-refractivity contribution < 1.29 is 13.2 Å². The molecule has 0 N–H and O–H groups in total. The second kappa shape index (κ2) is 3.49. The number of benzene rings is 1. The number of nitrogens with zero attached hydrogens (tertiary/aromatic N) is 2. The van der Waals surface area contributed by atoms with Crippen molar-refractivity contribution in [3.63, 3.8) is 0 Å². The Morgan fingerprint density at radius 2 is 2.00 bits per heavy atom. The van der Waals surface area contributed by atoms with E-state index in [4.69, 9.17) is 5.26 Å². The molecule has 80 valence electrons. The van der Waals surface area contributed by atoms with Crippen LogP contribution >= 0.6 is 0 Å². The smallest absolute Gasteiger partial charge is 0.255 e. The van der Waals surface area contributed by atoms with E-state index in [0.717, 1.165) is 6.07 Å². The maximum Gasteiger partial charge on any atom is 0.417 e. The van der Waals surface area contributed by atoms with Gasteiger partial charge in [-0.3, -0.25) is 4.98 Å². The van der Waals surface area contributed by atoms with Gasteiger partial charge < -0.3 is 0 Å². The average Bonchev–Trinajstić information content (AvgIpc) is 2.26. The molecule has 0 unspecified atom stereocenters. The molecule has 0 spiro atoms. The standard InChI is InChI=1S/C11H5F3N2/c12-11(13,14)9-2-1-3-10-8(9)4-7(5-15)6-16-10/h1-4,6H. The van der Waals surface area contributed by atoms with Gasteiger partial charge in [0.1, 0.15) is 6.07 Å². The van der Waals surface area contributed by atoms with Crippen molar-refractivity contribution >= 4 is 10.9 Å². The second-order valence-electron chi connectivity index (χ2n) is 3.21. The Hall–Kier alpha value is -2.09. The quantitative estimate of drug-likeness (QED) is 0.686. The highest BCUT2D eigenvalue weighted by atomic mass is 19.4. The molecule has 5 heteroatoms. The van der Waals surface area contributed by atoms with Crippen LogP contribution in [0.4, 0.5) is 13.2 Å². The number of hydrogen-bond donors (Lipinski definition) is 0. The second-order valence-corrected chi connectivity index (χ2v) is 3.21. The lowest BCUT2D eigenvalue weighted by Crippen LogP contribution is -2.05. The van der Waals surface area contributed by atoms with E-state index in [-0.39, 0.29) is 16.5 Å². The lowest BCUT2D eigenvalue weighted by atomic mass is 10.1. The Kier molecular flexibility index (Phi) is 2.27. The Bertz CT molecular complexity index is 582. The van der Waals surface area contributed by atoms with E-state index in [1.807, 2.05) is 0 Å². The van der Waals surface area contributed by atoms with Gasteiger partial charge in [0, 0.05) is 11.6 Å². The summed E-state index contributed by atoms with van der Waals surface area (Å²) in [5, 5.41) is 8.57. The molecule has 0 saturated heterocycles. The van der Waals surface area contributed by atoms with Gasteiger partial charge >= 0.3 is 6.18 Å². The molecule has 2 aromatic rings. The maximum atomic E-state index is 12.6. The van der Waals surface area contributed by atoms with Crippen LogP contribution in [0.3, 0.4) is 0 Å². The molecule has 1 heterocycles. The predicted octanol–water partition coefficient (Wildman–Crippen LogP) is 3.13. The zero-order valence-corrected chi connectivity index (χ0v) is 7.92. The summed E-state index contributed by atoms with van der Waals surface area (Å²) in [5.41, 5.74) is -0.423. The normalized spacial score (nSPS) is 11.4. The molecule has 2 rings (SSSR count). The molecule has 0 bridgehead atoms. The molecule has 0 aliphatic heterocycles. The first-order valence-corrected chi connectivity index (χ1v) is 4.38. The zero-order valence-electron chi connectivity index (χ0n) is 7.92. The summed E-state index contributed by atoms with van der Waals surface area (Å²) in [5.74, 6) is 0. The van der Waals surface area contributed by atoms with Gasteiger partial charge in [-0.25, -0.2) is 0 Å². The molecule has 0 fully saturated rings. The lowest BCUT2D eigenvalue weighted by molar-refractivity contribution is -0.136. The van der Waals surface area contributed by atoms with E-state index in [0.29, 0.717) is 0 Å². The lowest BCUT2D eigenvalue weighted by Gasteiger charge is -2.09. The van der Waals surface area contributed by atoms with Crippen LogP contribution in [0, 0.1) is 11.3 Å². The number of hydrogen-bond acceptors (Lipinski definition) is 2. The maximum absolute atomic E-state index is 12.6. The van der Waals surface area contributed by atoms with Crippen LogP contribution in [0.15, 0.2) is 30.5 Å². The van der Waals surface area contributed by atoms with Crippen LogP contribution in [-0.4, -0.2) is 4.98 Å². The highest BCUT2D eigenvalue weighted by Crippen LogP contribution is 2.34. The molecule has 0 atom stereocenters. The molecule has 0 aliphatic rings. The van der Waals surface area contributed by atoms with Crippen molar-refractivity contribution in [2.75, 3.05) is 0 Å². The molecule has 0 saturated carbocycles. The van der Waals surface area contributed by atoms with Gasteiger partial charge in [0.15, 0.2) is 0 Å². The Labute approximate surface area is 89.0 Å².